The van der Waals surface area contributed by atoms with Gasteiger partial charge in [0, 0.05) is 6.08 Å². The van der Waals surface area contributed by atoms with Crippen LogP contribution in [-0.2, 0) is 9.57 Å². The first-order valence-corrected chi connectivity index (χ1v) is 2.41. The summed E-state index contributed by atoms with van der Waals surface area (Å²) in [7, 11) is 0. The molecule has 1 aliphatic rings. The second-order valence-electron chi connectivity index (χ2n) is 1.53. The van der Waals surface area contributed by atoms with Crippen LogP contribution in [0.5, 0.6) is 0 Å². The molecule has 1 aliphatic heterocycles. The van der Waals surface area contributed by atoms with E-state index < -0.39 is 12.2 Å². The Labute approximate surface area is 54.4 Å². The average molecular weight is 155 g/mol. The highest BCUT2D eigenvalue weighted by Gasteiger charge is 2.32. The maximum Gasteiger partial charge on any atom is 0.574 e. The van der Waals surface area contributed by atoms with Gasteiger partial charge in [0.25, 0.3) is 0 Å². The molecule has 0 aromatic heterocycles. The van der Waals surface area contributed by atoms with E-state index in [1.165, 1.54) is 0 Å². The normalized spacial score (nSPS) is 18.1. The molecule has 1 rings (SSSR count). The fourth-order valence-corrected chi connectivity index (χ4v) is 0.459. The van der Waals surface area contributed by atoms with Gasteiger partial charge in [-0.1, -0.05) is 0 Å². The Bertz CT molecular complexity index is 153. The van der Waals surface area contributed by atoms with Gasteiger partial charge in [0.05, 0.1) is 6.61 Å². The van der Waals surface area contributed by atoms with Gasteiger partial charge in [-0.05, 0) is 0 Å². The van der Waals surface area contributed by atoms with Gasteiger partial charge in [0.1, 0.15) is 0 Å². The first-order valence-electron chi connectivity index (χ1n) is 2.41. The van der Waals surface area contributed by atoms with Crippen molar-refractivity contribution >= 4 is 0 Å². The van der Waals surface area contributed by atoms with Crippen molar-refractivity contribution in [2.75, 3.05) is 6.61 Å². The van der Waals surface area contributed by atoms with Crippen molar-refractivity contribution in [2.45, 2.75) is 6.36 Å². The molecule has 0 saturated heterocycles. The molecule has 3 nitrogen and oxygen atoms in total. The summed E-state index contributed by atoms with van der Waals surface area (Å²) in [5.74, 6) is -0.410. The number of rotatable bonds is 1. The molecule has 1 heterocycles. The number of ether oxygens (including phenoxy) is 1. The van der Waals surface area contributed by atoms with Crippen LogP contribution in [0.4, 0.5) is 13.2 Å². The number of hydrogen-bond donors (Lipinski definition) is 1. The van der Waals surface area contributed by atoms with Crippen LogP contribution in [0, 0.1) is 0 Å². The Morgan fingerprint density at radius 3 is 2.70 bits per heavy atom. The zero-order valence-electron chi connectivity index (χ0n) is 4.73. The van der Waals surface area contributed by atoms with E-state index in [1.54, 1.807) is 0 Å². The van der Waals surface area contributed by atoms with Gasteiger partial charge in [0.2, 0.25) is 5.88 Å². The van der Waals surface area contributed by atoms with Crippen LogP contribution in [0.3, 0.4) is 0 Å². The molecule has 0 bridgehead atoms. The van der Waals surface area contributed by atoms with Gasteiger partial charge in [0.15, 0.2) is 0 Å². The van der Waals surface area contributed by atoms with Crippen molar-refractivity contribution < 1.29 is 22.7 Å². The molecule has 0 aromatic carbocycles. The molecule has 1 N–H and O–H groups in total. The van der Waals surface area contributed by atoms with Crippen LogP contribution in [0.2, 0.25) is 0 Å². The van der Waals surface area contributed by atoms with Crippen molar-refractivity contribution in [3.8, 4) is 0 Å². The van der Waals surface area contributed by atoms with E-state index in [9.17, 15) is 13.2 Å². The Kier molecular flexibility index (Phi) is 1.71. The number of hydrogen-bond acceptors (Lipinski definition) is 3. The van der Waals surface area contributed by atoms with Gasteiger partial charge >= 0.3 is 6.36 Å². The fraction of sp³-hybridized carbons (Fsp3) is 0.500. The summed E-state index contributed by atoms with van der Waals surface area (Å²) < 4.78 is 37.5. The quantitative estimate of drug-likeness (QED) is 0.610. The minimum atomic E-state index is -4.65. The third kappa shape index (κ3) is 2.14. The van der Waals surface area contributed by atoms with Crippen molar-refractivity contribution in [3.63, 3.8) is 0 Å². The SMILES string of the molecule is FC(F)(F)OC1=CCON1. The van der Waals surface area contributed by atoms with E-state index in [2.05, 4.69) is 9.57 Å². The molecule has 0 aromatic rings. The largest absolute Gasteiger partial charge is 0.574 e. The second kappa shape index (κ2) is 2.37. The van der Waals surface area contributed by atoms with Crippen molar-refractivity contribution in [3.05, 3.63) is 12.0 Å². The molecule has 0 aliphatic carbocycles. The van der Waals surface area contributed by atoms with Crippen LogP contribution >= 0.6 is 0 Å². The van der Waals surface area contributed by atoms with Gasteiger partial charge in [-0.25, -0.2) is 5.48 Å². The molecular formula is C4H4F3NO2. The van der Waals surface area contributed by atoms with E-state index in [1.807, 2.05) is 5.48 Å². The molecule has 0 atom stereocenters. The highest BCUT2D eigenvalue weighted by atomic mass is 19.4. The molecule has 0 radical (unpaired) electrons. The summed E-state index contributed by atoms with van der Waals surface area (Å²) >= 11 is 0. The lowest BCUT2D eigenvalue weighted by Crippen LogP contribution is -2.18. The van der Waals surface area contributed by atoms with Crippen molar-refractivity contribution in [2.24, 2.45) is 0 Å². The Balaban J connectivity index is 2.38. The third-order valence-corrected chi connectivity index (χ3v) is 0.751. The minimum absolute atomic E-state index is 0.0887. The highest BCUT2D eigenvalue weighted by molar-refractivity contribution is 4.92. The predicted molar refractivity (Wildman–Crippen MR) is 24.3 cm³/mol. The average Bonchev–Trinajstić information content (AvgIpc) is 2.12. The summed E-state index contributed by atoms with van der Waals surface area (Å²) in [4.78, 5) is 4.34. The first kappa shape index (κ1) is 7.20. The second-order valence-corrected chi connectivity index (χ2v) is 1.53. The van der Waals surface area contributed by atoms with Crippen LogP contribution < -0.4 is 5.48 Å². The van der Waals surface area contributed by atoms with Crippen LogP contribution in [0.1, 0.15) is 0 Å². The van der Waals surface area contributed by atoms with Crippen LogP contribution in [-0.4, -0.2) is 13.0 Å². The molecule has 0 unspecified atom stereocenters. The number of nitrogens with one attached hydrogen (secondary N) is 1. The van der Waals surface area contributed by atoms with Gasteiger partial charge in [-0.2, -0.15) is 0 Å². The topological polar surface area (TPSA) is 30.5 Å². The van der Waals surface area contributed by atoms with Crippen LogP contribution in [0.25, 0.3) is 0 Å². The molecule has 6 heteroatoms. The molecule has 0 saturated carbocycles. The predicted octanol–water partition coefficient (Wildman–Crippen LogP) is 0.899. The molecule has 0 spiro atoms. The Hall–Kier alpha value is -0.910. The summed E-state index contributed by atoms with van der Waals surface area (Å²) in [6, 6.07) is 0. The molecule has 0 amide bonds. The van der Waals surface area contributed by atoms with E-state index in [-0.39, 0.29) is 6.61 Å². The maximum atomic E-state index is 11.3. The lowest BCUT2D eigenvalue weighted by atomic mass is 10.6. The summed E-state index contributed by atoms with van der Waals surface area (Å²) in [6.45, 7) is 0.0887. The van der Waals surface area contributed by atoms with E-state index in [0.717, 1.165) is 6.08 Å². The standard InChI is InChI=1S/C4H4F3NO2/c5-4(6,7)10-3-1-2-9-8-3/h1,8H,2H2. The molecular weight excluding hydrogens is 151 g/mol. The summed E-state index contributed by atoms with van der Waals surface area (Å²) in [5.41, 5.74) is 1.93. The van der Waals surface area contributed by atoms with E-state index in [4.69, 9.17) is 0 Å². The Morgan fingerprint density at radius 1 is 1.60 bits per heavy atom. The smallest absolute Gasteiger partial charge is 0.388 e. The first-order chi connectivity index (χ1) is 4.58. The maximum absolute atomic E-state index is 11.3. The number of halogens is 3. The fourth-order valence-electron chi connectivity index (χ4n) is 0.459. The minimum Gasteiger partial charge on any atom is -0.388 e. The zero-order valence-corrected chi connectivity index (χ0v) is 4.73. The summed E-state index contributed by atoms with van der Waals surface area (Å²) in [6.07, 6.45) is -3.50. The number of hydroxylamine groups is 1. The monoisotopic (exact) mass is 155 g/mol. The van der Waals surface area contributed by atoms with E-state index in [0.29, 0.717) is 0 Å². The lowest BCUT2D eigenvalue weighted by Gasteiger charge is -2.08. The zero-order chi connectivity index (χ0) is 7.61. The third-order valence-electron chi connectivity index (χ3n) is 0.751. The molecule has 58 valence electrons. The lowest BCUT2D eigenvalue weighted by molar-refractivity contribution is -0.310. The molecule has 0 fully saturated rings. The highest BCUT2D eigenvalue weighted by Crippen LogP contribution is 2.20. The number of alkyl halides is 3. The van der Waals surface area contributed by atoms with Gasteiger partial charge < -0.3 is 4.74 Å². The van der Waals surface area contributed by atoms with Gasteiger partial charge in [-0.3, -0.25) is 4.84 Å². The van der Waals surface area contributed by atoms with E-state index >= 15 is 0 Å². The Morgan fingerprint density at radius 2 is 2.30 bits per heavy atom. The molecule has 10 heavy (non-hydrogen) atoms. The summed E-state index contributed by atoms with van der Waals surface area (Å²) in [5, 5.41) is 0. The van der Waals surface area contributed by atoms with Crippen LogP contribution in [0.15, 0.2) is 12.0 Å². The van der Waals surface area contributed by atoms with Crippen molar-refractivity contribution in [1.82, 2.24) is 5.48 Å². The van der Waals surface area contributed by atoms with Gasteiger partial charge in [-0.15, -0.1) is 13.2 Å². The van der Waals surface area contributed by atoms with Crippen molar-refractivity contribution in [1.29, 1.82) is 0 Å².